The van der Waals surface area contributed by atoms with Crippen molar-refractivity contribution in [1.29, 1.82) is 0 Å². The lowest BCUT2D eigenvalue weighted by Crippen LogP contribution is -2.38. The minimum Gasteiger partial charge on any atom is -0.391 e. The van der Waals surface area contributed by atoms with Crippen molar-refractivity contribution in [2.75, 3.05) is 0 Å². The summed E-state index contributed by atoms with van der Waals surface area (Å²) < 4.78 is 0. The van der Waals surface area contributed by atoms with Crippen molar-refractivity contribution < 1.29 is 5.11 Å². The van der Waals surface area contributed by atoms with Gasteiger partial charge >= 0.3 is 0 Å². The van der Waals surface area contributed by atoms with Crippen molar-refractivity contribution >= 4 is 0 Å². The fourth-order valence-corrected chi connectivity index (χ4v) is 1.29. The zero-order valence-corrected chi connectivity index (χ0v) is 7.88. The lowest BCUT2D eigenvalue weighted by atomic mass is 9.93. The van der Waals surface area contributed by atoms with E-state index in [0.29, 0.717) is 5.92 Å². The van der Waals surface area contributed by atoms with Crippen LogP contribution in [0.15, 0.2) is 0 Å². The Hall–Kier alpha value is -0.0800. The van der Waals surface area contributed by atoms with Crippen LogP contribution < -0.4 is 5.73 Å². The van der Waals surface area contributed by atoms with E-state index in [4.69, 9.17) is 5.73 Å². The second-order valence-corrected chi connectivity index (χ2v) is 3.33. The number of aliphatic hydroxyl groups excluding tert-OH is 1. The SMILES string of the molecule is CCCC(C)C(O)C(N)CC. The summed E-state index contributed by atoms with van der Waals surface area (Å²) in [6.07, 6.45) is 2.72. The smallest absolute Gasteiger partial charge is 0.0716 e. The van der Waals surface area contributed by atoms with Crippen LogP contribution in [0.4, 0.5) is 0 Å². The summed E-state index contributed by atoms with van der Waals surface area (Å²) in [5.41, 5.74) is 5.70. The molecule has 68 valence electrons. The van der Waals surface area contributed by atoms with Gasteiger partial charge in [0.2, 0.25) is 0 Å². The van der Waals surface area contributed by atoms with E-state index in [2.05, 4.69) is 13.8 Å². The third-order valence-corrected chi connectivity index (χ3v) is 2.24. The van der Waals surface area contributed by atoms with Gasteiger partial charge in [-0.3, -0.25) is 0 Å². The van der Waals surface area contributed by atoms with Gasteiger partial charge in [-0.05, 0) is 18.8 Å². The highest BCUT2D eigenvalue weighted by Crippen LogP contribution is 2.13. The molecule has 2 nitrogen and oxygen atoms in total. The van der Waals surface area contributed by atoms with Crippen LogP contribution in [0.1, 0.15) is 40.0 Å². The maximum atomic E-state index is 9.59. The van der Waals surface area contributed by atoms with Crippen LogP contribution >= 0.6 is 0 Å². The highest BCUT2D eigenvalue weighted by atomic mass is 16.3. The predicted molar refractivity (Wildman–Crippen MR) is 48.3 cm³/mol. The molecule has 3 atom stereocenters. The molecule has 0 spiro atoms. The van der Waals surface area contributed by atoms with Gasteiger partial charge in [-0.25, -0.2) is 0 Å². The number of hydrogen-bond donors (Lipinski definition) is 2. The summed E-state index contributed by atoms with van der Waals surface area (Å²) in [6.45, 7) is 6.19. The van der Waals surface area contributed by atoms with E-state index < -0.39 is 0 Å². The third kappa shape index (κ3) is 3.73. The molecule has 0 fully saturated rings. The predicted octanol–water partition coefficient (Wildman–Crippen LogP) is 1.52. The highest BCUT2D eigenvalue weighted by Gasteiger charge is 2.18. The van der Waals surface area contributed by atoms with E-state index in [1.165, 1.54) is 0 Å². The van der Waals surface area contributed by atoms with Crippen LogP contribution in [0.5, 0.6) is 0 Å². The molecule has 0 aromatic rings. The summed E-state index contributed by atoms with van der Waals surface area (Å²) >= 11 is 0. The second-order valence-electron chi connectivity index (χ2n) is 3.33. The summed E-state index contributed by atoms with van der Waals surface area (Å²) in [6, 6.07) is -0.0449. The Bertz CT molecular complexity index is 95.6. The molecule has 0 aliphatic rings. The molecule has 0 aromatic heterocycles. The fourth-order valence-electron chi connectivity index (χ4n) is 1.29. The molecule has 0 aliphatic carbocycles. The molecule has 0 rings (SSSR count). The molecule has 0 aliphatic heterocycles. The Balaban J connectivity index is 3.70. The first kappa shape index (κ1) is 10.9. The van der Waals surface area contributed by atoms with Crippen LogP contribution in [0.2, 0.25) is 0 Å². The van der Waals surface area contributed by atoms with Crippen molar-refractivity contribution in [1.82, 2.24) is 0 Å². The van der Waals surface area contributed by atoms with Crippen LogP contribution in [0, 0.1) is 5.92 Å². The normalized spacial score (nSPS) is 19.4. The Morgan fingerprint density at radius 1 is 1.36 bits per heavy atom. The Morgan fingerprint density at radius 2 is 1.91 bits per heavy atom. The number of aliphatic hydroxyl groups is 1. The van der Waals surface area contributed by atoms with E-state index in [9.17, 15) is 5.11 Å². The summed E-state index contributed by atoms with van der Waals surface area (Å²) in [4.78, 5) is 0. The third-order valence-electron chi connectivity index (χ3n) is 2.24. The van der Waals surface area contributed by atoms with Gasteiger partial charge in [0.15, 0.2) is 0 Å². The maximum Gasteiger partial charge on any atom is 0.0716 e. The van der Waals surface area contributed by atoms with Crippen molar-refractivity contribution in [2.24, 2.45) is 11.7 Å². The van der Waals surface area contributed by atoms with E-state index >= 15 is 0 Å². The van der Waals surface area contributed by atoms with Crippen molar-refractivity contribution in [3.63, 3.8) is 0 Å². The molecule has 0 saturated carbocycles. The van der Waals surface area contributed by atoms with Gasteiger partial charge < -0.3 is 10.8 Å². The van der Waals surface area contributed by atoms with E-state index in [1.54, 1.807) is 0 Å². The molecule has 0 radical (unpaired) electrons. The molecular formula is C9H21NO. The van der Waals surface area contributed by atoms with Gasteiger partial charge in [0.05, 0.1) is 6.10 Å². The quantitative estimate of drug-likeness (QED) is 0.639. The minimum absolute atomic E-state index is 0.0449. The highest BCUT2D eigenvalue weighted by molar-refractivity contribution is 4.74. The van der Waals surface area contributed by atoms with Gasteiger partial charge in [-0.2, -0.15) is 0 Å². The first-order chi connectivity index (χ1) is 5.13. The molecule has 0 aromatic carbocycles. The molecule has 3 unspecified atom stereocenters. The summed E-state index contributed by atoms with van der Waals surface area (Å²) in [5, 5.41) is 9.59. The molecular weight excluding hydrogens is 138 g/mol. The largest absolute Gasteiger partial charge is 0.391 e. The Labute approximate surface area is 69.8 Å². The van der Waals surface area contributed by atoms with Gasteiger partial charge in [0.25, 0.3) is 0 Å². The van der Waals surface area contributed by atoms with Gasteiger partial charge in [0.1, 0.15) is 0 Å². The van der Waals surface area contributed by atoms with E-state index in [0.717, 1.165) is 19.3 Å². The monoisotopic (exact) mass is 159 g/mol. The molecule has 0 bridgehead atoms. The number of rotatable bonds is 5. The molecule has 2 heteroatoms. The summed E-state index contributed by atoms with van der Waals surface area (Å²) in [7, 11) is 0. The Morgan fingerprint density at radius 3 is 2.27 bits per heavy atom. The van der Waals surface area contributed by atoms with E-state index in [1.807, 2.05) is 6.92 Å². The van der Waals surface area contributed by atoms with Crippen molar-refractivity contribution in [2.45, 2.75) is 52.2 Å². The lowest BCUT2D eigenvalue weighted by molar-refractivity contribution is 0.0840. The fraction of sp³-hybridized carbons (Fsp3) is 1.00. The second kappa shape index (κ2) is 5.56. The molecule has 0 saturated heterocycles. The molecule has 11 heavy (non-hydrogen) atoms. The van der Waals surface area contributed by atoms with Crippen LogP contribution in [0.25, 0.3) is 0 Å². The first-order valence-corrected chi connectivity index (χ1v) is 4.57. The van der Waals surface area contributed by atoms with Crippen LogP contribution in [0.3, 0.4) is 0 Å². The number of hydrogen-bond acceptors (Lipinski definition) is 2. The number of nitrogens with two attached hydrogens (primary N) is 1. The standard InChI is InChI=1S/C9H21NO/c1-4-6-7(3)9(11)8(10)5-2/h7-9,11H,4-6,10H2,1-3H3. The average Bonchev–Trinajstić information content (AvgIpc) is 2.02. The zero-order valence-electron chi connectivity index (χ0n) is 7.88. The summed E-state index contributed by atoms with van der Waals surface area (Å²) in [5.74, 6) is 0.343. The zero-order chi connectivity index (χ0) is 8.85. The Kier molecular flexibility index (Phi) is 5.51. The topological polar surface area (TPSA) is 46.2 Å². The van der Waals surface area contributed by atoms with Crippen LogP contribution in [-0.2, 0) is 0 Å². The maximum absolute atomic E-state index is 9.59. The molecule has 0 amide bonds. The van der Waals surface area contributed by atoms with E-state index in [-0.39, 0.29) is 12.1 Å². The van der Waals surface area contributed by atoms with Crippen molar-refractivity contribution in [3.05, 3.63) is 0 Å². The lowest BCUT2D eigenvalue weighted by Gasteiger charge is -2.23. The molecule has 0 heterocycles. The van der Waals surface area contributed by atoms with Gasteiger partial charge in [-0.15, -0.1) is 0 Å². The van der Waals surface area contributed by atoms with Crippen molar-refractivity contribution in [3.8, 4) is 0 Å². The van der Waals surface area contributed by atoms with Gasteiger partial charge in [0, 0.05) is 6.04 Å². The average molecular weight is 159 g/mol. The molecule has 3 N–H and O–H groups in total. The first-order valence-electron chi connectivity index (χ1n) is 4.57. The van der Waals surface area contributed by atoms with Crippen LogP contribution in [-0.4, -0.2) is 17.3 Å². The minimum atomic E-state index is -0.319. The van der Waals surface area contributed by atoms with Gasteiger partial charge in [-0.1, -0.05) is 27.2 Å².